The van der Waals surface area contributed by atoms with Crippen molar-refractivity contribution in [1.82, 2.24) is 4.57 Å². The molecule has 0 aliphatic carbocycles. The van der Waals surface area contributed by atoms with Gasteiger partial charge in [-0.3, -0.25) is 0 Å². The number of fused-ring (bicyclic) bond motifs is 1. The fraction of sp³-hybridized carbons (Fsp3) is 0.400. The predicted octanol–water partition coefficient (Wildman–Crippen LogP) is 4.30. The number of alkyl halides is 1. The molecule has 3 aromatic rings. The highest BCUT2D eigenvalue weighted by molar-refractivity contribution is 9.09. The van der Waals surface area contributed by atoms with Gasteiger partial charge in [-0.25, -0.2) is 4.79 Å². The lowest BCUT2D eigenvalue weighted by Gasteiger charge is -2.10. The van der Waals surface area contributed by atoms with Crippen LogP contribution in [0.1, 0.15) is 15.9 Å². The van der Waals surface area contributed by atoms with Gasteiger partial charge in [-0.05, 0) is 41.3 Å². The predicted molar refractivity (Wildman–Crippen MR) is 131 cm³/mol. The topological polar surface area (TPSA) is 68.2 Å². The molecule has 0 unspecified atom stereocenters. The molecule has 0 atom stereocenters. The highest BCUT2D eigenvalue weighted by Gasteiger charge is 2.09. The zero-order valence-electron chi connectivity index (χ0n) is 18.8. The third-order valence-electron chi connectivity index (χ3n) is 4.93. The molecule has 0 aliphatic heterocycles. The van der Waals surface area contributed by atoms with Crippen LogP contribution in [0.15, 0.2) is 54.7 Å². The van der Waals surface area contributed by atoms with E-state index in [1.165, 1.54) is 7.11 Å². The number of benzene rings is 2. The molecule has 0 amide bonds. The fourth-order valence-electron chi connectivity index (χ4n) is 3.27. The van der Waals surface area contributed by atoms with E-state index in [2.05, 4.69) is 20.5 Å². The first-order chi connectivity index (χ1) is 16.2. The van der Waals surface area contributed by atoms with E-state index < -0.39 is 0 Å². The Morgan fingerprint density at radius 1 is 0.848 bits per heavy atom. The van der Waals surface area contributed by atoms with E-state index in [4.69, 9.17) is 23.7 Å². The van der Waals surface area contributed by atoms with Crippen LogP contribution in [0.5, 0.6) is 5.75 Å². The molecule has 0 bridgehead atoms. The number of nitrogens with zero attached hydrogens (tertiary/aromatic N) is 1. The van der Waals surface area contributed by atoms with Crippen LogP contribution in [0.25, 0.3) is 10.9 Å². The molecule has 1 aromatic heterocycles. The van der Waals surface area contributed by atoms with Gasteiger partial charge in [0.05, 0.1) is 52.3 Å². The molecular formula is C25H30BrNO6. The Morgan fingerprint density at radius 3 is 2.18 bits per heavy atom. The van der Waals surface area contributed by atoms with Crippen molar-refractivity contribution in [1.29, 1.82) is 0 Å². The Hall–Kier alpha value is -2.39. The van der Waals surface area contributed by atoms with Gasteiger partial charge in [0, 0.05) is 23.6 Å². The van der Waals surface area contributed by atoms with Crippen LogP contribution in [0.3, 0.4) is 0 Å². The lowest BCUT2D eigenvalue weighted by Crippen LogP contribution is -2.13. The maximum Gasteiger partial charge on any atom is 0.337 e. The monoisotopic (exact) mass is 519 g/mol. The van der Waals surface area contributed by atoms with E-state index in [-0.39, 0.29) is 5.97 Å². The maximum atomic E-state index is 11.8. The average molecular weight is 520 g/mol. The van der Waals surface area contributed by atoms with E-state index >= 15 is 0 Å². The van der Waals surface area contributed by atoms with Gasteiger partial charge < -0.3 is 28.3 Å². The maximum absolute atomic E-state index is 11.8. The van der Waals surface area contributed by atoms with Crippen molar-refractivity contribution < 1.29 is 28.5 Å². The second-order valence-electron chi connectivity index (χ2n) is 7.23. The number of methoxy groups -OCH3 is 1. The summed E-state index contributed by atoms with van der Waals surface area (Å²) in [7, 11) is 1.39. The average Bonchev–Trinajstić information content (AvgIpc) is 3.25. The van der Waals surface area contributed by atoms with Crippen molar-refractivity contribution in [2.75, 3.05) is 58.7 Å². The quantitative estimate of drug-likeness (QED) is 0.169. The second kappa shape index (κ2) is 14.0. The van der Waals surface area contributed by atoms with Crippen LogP contribution in [0.2, 0.25) is 0 Å². The summed E-state index contributed by atoms with van der Waals surface area (Å²) in [6, 6.07) is 15.6. The summed E-state index contributed by atoms with van der Waals surface area (Å²) in [5, 5.41) is 1.92. The van der Waals surface area contributed by atoms with Gasteiger partial charge in [-0.2, -0.15) is 0 Å². The number of halogens is 1. The summed E-state index contributed by atoms with van der Waals surface area (Å²) in [6.07, 6.45) is 2.02. The molecule has 33 heavy (non-hydrogen) atoms. The van der Waals surface area contributed by atoms with E-state index in [0.717, 1.165) is 27.5 Å². The van der Waals surface area contributed by atoms with Crippen molar-refractivity contribution in [3.05, 3.63) is 65.9 Å². The molecule has 8 heteroatoms. The number of carbonyl (C=O) groups is 1. The number of ether oxygens (including phenoxy) is 5. The fourth-order valence-corrected chi connectivity index (χ4v) is 3.50. The van der Waals surface area contributed by atoms with Crippen molar-refractivity contribution in [2.45, 2.75) is 6.54 Å². The summed E-state index contributed by atoms with van der Waals surface area (Å²) >= 11 is 3.30. The molecule has 0 fully saturated rings. The molecule has 178 valence electrons. The Labute approximate surface area is 202 Å². The highest BCUT2D eigenvalue weighted by atomic mass is 79.9. The molecule has 0 radical (unpaired) electrons. The van der Waals surface area contributed by atoms with E-state index in [1.807, 2.05) is 48.7 Å². The number of hydrogen-bond donors (Lipinski definition) is 0. The first-order valence-corrected chi connectivity index (χ1v) is 12.0. The zero-order valence-corrected chi connectivity index (χ0v) is 20.4. The smallest absolute Gasteiger partial charge is 0.337 e. The van der Waals surface area contributed by atoms with Crippen LogP contribution < -0.4 is 4.74 Å². The van der Waals surface area contributed by atoms with Crippen molar-refractivity contribution in [2.24, 2.45) is 0 Å². The van der Waals surface area contributed by atoms with Gasteiger partial charge in [-0.1, -0.05) is 34.1 Å². The zero-order chi connectivity index (χ0) is 23.3. The highest BCUT2D eigenvalue weighted by Crippen LogP contribution is 2.20. The largest absolute Gasteiger partial charge is 0.491 e. The SMILES string of the molecule is COC(=O)c1ccc2ccn(Cc3ccc(OCCOCCOCCOCCBr)cc3)c2c1. The Bertz CT molecular complexity index is 988. The molecule has 3 rings (SSSR count). The Balaban J connectivity index is 1.38. The minimum atomic E-state index is -0.335. The molecule has 0 saturated heterocycles. The number of hydrogen-bond acceptors (Lipinski definition) is 6. The van der Waals surface area contributed by atoms with Crippen LogP contribution >= 0.6 is 15.9 Å². The summed E-state index contributed by atoms with van der Waals surface area (Å²) in [6.45, 7) is 4.61. The van der Waals surface area contributed by atoms with Gasteiger partial charge >= 0.3 is 5.97 Å². The summed E-state index contributed by atoms with van der Waals surface area (Å²) < 4.78 is 28.9. The lowest BCUT2D eigenvalue weighted by atomic mass is 10.1. The van der Waals surface area contributed by atoms with E-state index in [0.29, 0.717) is 58.4 Å². The third kappa shape index (κ3) is 8.16. The number of aromatic nitrogens is 1. The molecule has 0 saturated carbocycles. The van der Waals surface area contributed by atoms with Gasteiger partial charge in [0.25, 0.3) is 0 Å². The molecular weight excluding hydrogens is 490 g/mol. The Kier molecular flexibility index (Phi) is 10.7. The standard InChI is InChI=1S/C25H30BrNO6/c1-29-25(28)22-5-4-21-8-10-27(24(21)18-22)19-20-2-6-23(7-3-20)33-17-16-32-15-14-31-13-12-30-11-9-26/h2-8,10,18H,9,11-17,19H2,1H3. The second-order valence-corrected chi connectivity index (χ2v) is 8.02. The van der Waals surface area contributed by atoms with Gasteiger partial charge in [0.2, 0.25) is 0 Å². The van der Waals surface area contributed by atoms with Crippen molar-refractivity contribution in [3.63, 3.8) is 0 Å². The van der Waals surface area contributed by atoms with Crippen molar-refractivity contribution >= 4 is 32.8 Å². The molecule has 2 aromatic carbocycles. The summed E-state index contributed by atoms with van der Waals surface area (Å²) in [5.41, 5.74) is 2.67. The first-order valence-electron chi connectivity index (χ1n) is 10.9. The van der Waals surface area contributed by atoms with Crippen molar-refractivity contribution in [3.8, 4) is 5.75 Å². The molecule has 7 nitrogen and oxygen atoms in total. The molecule has 0 aliphatic rings. The third-order valence-corrected chi connectivity index (χ3v) is 5.26. The van der Waals surface area contributed by atoms with E-state index in [1.54, 1.807) is 6.07 Å². The summed E-state index contributed by atoms with van der Waals surface area (Å²) in [5.74, 6) is 0.464. The Morgan fingerprint density at radius 2 is 1.52 bits per heavy atom. The van der Waals surface area contributed by atoms with Crippen LogP contribution in [0, 0.1) is 0 Å². The van der Waals surface area contributed by atoms with Crippen LogP contribution in [0.4, 0.5) is 0 Å². The van der Waals surface area contributed by atoms with E-state index in [9.17, 15) is 4.79 Å². The summed E-state index contributed by atoms with van der Waals surface area (Å²) in [4.78, 5) is 11.8. The number of carbonyl (C=O) groups excluding carboxylic acids is 1. The van der Waals surface area contributed by atoms with Gasteiger partial charge in [0.1, 0.15) is 12.4 Å². The van der Waals surface area contributed by atoms with Crippen LogP contribution in [-0.4, -0.2) is 69.2 Å². The minimum Gasteiger partial charge on any atom is -0.491 e. The van der Waals surface area contributed by atoms with Gasteiger partial charge in [0.15, 0.2) is 0 Å². The normalized spacial score (nSPS) is 11.1. The minimum absolute atomic E-state index is 0.335. The van der Waals surface area contributed by atoms with Crippen LogP contribution in [-0.2, 0) is 25.5 Å². The molecule has 1 heterocycles. The number of rotatable bonds is 15. The lowest BCUT2D eigenvalue weighted by molar-refractivity contribution is 0.0119. The molecule has 0 spiro atoms. The number of esters is 1. The first kappa shape index (κ1) is 25.2. The van der Waals surface area contributed by atoms with Gasteiger partial charge in [-0.15, -0.1) is 0 Å². The molecule has 0 N–H and O–H groups in total.